The van der Waals surface area contributed by atoms with E-state index in [0.717, 1.165) is 4.57 Å². The van der Waals surface area contributed by atoms with Crippen LogP contribution in [0.3, 0.4) is 0 Å². The highest BCUT2D eigenvalue weighted by Gasteiger charge is 2.08. The van der Waals surface area contributed by atoms with Gasteiger partial charge in [-0.25, -0.2) is 4.79 Å². The first kappa shape index (κ1) is 13.2. The molecule has 1 rings (SSSR count). The van der Waals surface area contributed by atoms with Crippen molar-refractivity contribution in [2.45, 2.75) is 20.8 Å². The van der Waals surface area contributed by atoms with E-state index < -0.39 is 5.69 Å². The van der Waals surface area contributed by atoms with Gasteiger partial charge in [0.2, 0.25) is 0 Å². The van der Waals surface area contributed by atoms with Crippen molar-refractivity contribution in [3.05, 3.63) is 26.9 Å². The molecule has 1 aromatic heterocycles. The highest BCUT2D eigenvalue weighted by atomic mass is 16.2. The average Bonchev–Trinajstić information content (AvgIpc) is 2.20. The van der Waals surface area contributed by atoms with E-state index in [1.54, 1.807) is 13.3 Å². The molecule has 0 aromatic carbocycles. The summed E-state index contributed by atoms with van der Waals surface area (Å²) in [5.41, 5.74) is -0.874. The summed E-state index contributed by atoms with van der Waals surface area (Å²) in [5, 5.41) is 5.63. The first-order chi connectivity index (χ1) is 7.70. The molecule has 6 heteroatoms. The van der Waals surface area contributed by atoms with Crippen LogP contribution in [0, 0.1) is 5.41 Å². The Bertz CT molecular complexity index is 502. The second-order valence-electron chi connectivity index (χ2n) is 4.99. The molecule has 0 spiro atoms. The number of hydrogen-bond acceptors (Lipinski definition) is 4. The summed E-state index contributed by atoms with van der Waals surface area (Å²) in [6.45, 7) is 6.03. The Morgan fingerprint density at radius 3 is 2.47 bits per heavy atom. The fraction of sp³-hybridized carbons (Fsp3) is 0.545. The molecular formula is C11H18N4O2. The predicted molar refractivity (Wildman–Crippen MR) is 68.7 cm³/mol. The van der Waals surface area contributed by atoms with E-state index in [9.17, 15) is 9.59 Å². The number of hydrazone groups is 1. The van der Waals surface area contributed by atoms with E-state index in [-0.39, 0.29) is 11.0 Å². The number of anilines is 1. The van der Waals surface area contributed by atoms with Crippen LogP contribution in [0.5, 0.6) is 0 Å². The summed E-state index contributed by atoms with van der Waals surface area (Å²) in [7, 11) is 3.09. The van der Waals surface area contributed by atoms with Crippen LogP contribution in [0.4, 0.5) is 5.82 Å². The minimum absolute atomic E-state index is 0.0612. The Morgan fingerprint density at radius 1 is 1.41 bits per heavy atom. The number of nitrogens with zero attached hydrogens (tertiary/aromatic N) is 3. The van der Waals surface area contributed by atoms with E-state index in [2.05, 4.69) is 10.1 Å². The van der Waals surface area contributed by atoms with Crippen LogP contribution in [0.2, 0.25) is 0 Å². The van der Waals surface area contributed by atoms with E-state index in [1.807, 2.05) is 20.8 Å². The van der Waals surface area contributed by atoms with Crippen LogP contribution in [0.1, 0.15) is 20.8 Å². The van der Waals surface area contributed by atoms with E-state index >= 15 is 0 Å². The highest BCUT2D eigenvalue weighted by molar-refractivity contribution is 5.65. The molecule has 6 nitrogen and oxygen atoms in total. The molecule has 94 valence electrons. The van der Waals surface area contributed by atoms with Crippen molar-refractivity contribution in [1.29, 1.82) is 0 Å². The minimum atomic E-state index is -0.453. The average molecular weight is 238 g/mol. The molecule has 0 aliphatic heterocycles. The zero-order valence-corrected chi connectivity index (χ0v) is 10.8. The van der Waals surface area contributed by atoms with Gasteiger partial charge in [-0.1, -0.05) is 20.8 Å². The zero-order chi connectivity index (χ0) is 13.2. The van der Waals surface area contributed by atoms with Gasteiger partial charge in [-0.15, -0.1) is 0 Å². The third-order valence-corrected chi connectivity index (χ3v) is 2.10. The van der Waals surface area contributed by atoms with Crippen LogP contribution in [0.15, 0.2) is 20.8 Å². The van der Waals surface area contributed by atoms with Crippen LogP contribution in [-0.4, -0.2) is 22.8 Å². The lowest BCUT2D eigenvalue weighted by molar-refractivity contribution is 0.603. The minimum Gasteiger partial charge on any atom is -0.292 e. The Morgan fingerprint density at radius 2 is 2.00 bits per heavy atom. The third kappa shape index (κ3) is 3.58. The number of H-pyrrole nitrogens is 1. The van der Waals surface area contributed by atoms with Gasteiger partial charge in [0.05, 0.1) is 0 Å². The summed E-state index contributed by atoms with van der Waals surface area (Å²) in [4.78, 5) is 25.4. The molecule has 0 radical (unpaired) electrons. The molecule has 0 fully saturated rings. The van der Waals surface area contributed by atoms with Crippen molar-refractivity contribution in [2.24, 2.45) is 17.6 Å². The van der Waals surface area contributed by atoms with E-state index in [0.29, 0.717) is 5.82 Å². The number of nitrogens with one attached hydrogen (secondary N) is 1. The predicted octanol–water partition coefficient (Wildman–Crippen LogP) is 0.542. The van der Waals surface area contributed by atoms with Crippen molar-refractivity contribution < 1.29 is 0 Å². The molecule has 1 aromatic rings. The Hall–Kier alpha value is -1.85. The normalized spacial score (nSPS) is 12.1. The van der Waals surface area contributed by atoms with Crippen molar-refractivity contribution in [3.63, 3.8) is 0 Å². The lowest BCUT2D eigenvalue weighted by Crippen LogP contribution is -2.33. The summed E-state index contributed by atoms with van der Waals surface area (Å²) in [5.74, 6) is 0.374. The maximum absolute atomic E-state index is 11.4. The molecule has 17 heavy (non-hydrogen) atoms. The summed E-state index contributed by atoms with van der Waals surface area (Å²) >= 11 is 0. The molecule has 0 bridgehead atoms. The SMILES string of the molecule is CN(N=CC(C)(C)C)c1cc(=O)n(C)c(=O)[nH]1. The molecule has 0 saturated heterocycles. The molecule has 0 amide bonds. The van der Waals surface area contributed by atoms with E-state index in [1.165, 1.54) is 18.1 Å². The topological polar surface area (TPSA) is 70.5 Å². The largest absolute Gasteiger partial charge is 0.329 e. The molecule has 0 saturated carbocycles. The smallest absolute Gasteiger partial charge is 0.292 e. The van der Waals surface area contributed by atoms with Gasteiger partial charge in [-0.05, 0) is 5.41 Å². The summed E-state index contributed by atoms with van der Waals surface area (Å²) in [6, 6.07) is 1.33. The third-order valence-electron chi connectivity index (χ3n) is 2.10. The van der Waals surface area contributed by atoms with E-state index in [4.69, 9.17) is 0 Å². The Labute approximate surface area is 99.6 Å². The second-order valence-corrected chi connectivity index (χ2v) is 4.99. The summed E-state index contributed by atoms with van der Waals surface area (Å²) < 4.78 is 1.00. The molecule has 1 N–H and O–H groups in total. The van der Waals surface area contributed by atoms with Crippen molar-refractivity contribution in [1.82, 2.24) is 9.55 Å². The number of aromatic nitrogens is 2. The Kier molecular flexibility index (Phi) is 3.55. The van der Waals surface area contributed by atoms with Gasteiger partial charge >= 0.3 is 5.69 Å². The number of rotatable bonds is 2. The van der Waals surface area contributed by atoms with Gasteiger partial charge in [-0.2, -0.15) is 5.10 Å². The molecule has 0 aliphatic carbocycles. The van der Waals surface area contributed by atoms with Gasteiger partial charge in [0.25, 0.3) is 5.56 Å². The van der Waals surface area contributed by atoms with Gasteiger partial charge in [-0.3, -0.25) is 19.4 Å². The standard InChI is InChI=1S/C11H18N4O2/c1-11(2,3)7-12-15(5)8-6-9(16)14(4)10(17)13-8/h6-7H,1-5H3,(H,13,17). The first-order valence-electron chi connectivity index (χ1n) is 5.30. The van der Waals surface area contributed by atoms with Crippen LogP contribution >= 0.6 is 0 Å². The maximum atomic E-state index is 11.4. The molecular weight excluding hydrogens is 220 g/mol. The van der Waals surface area contributed by atoms with Crippen LogP contribution in [0.25, 0.3) is 0 Å². The zero-order valence-electron chi connectivity index (χ0n) is 10.8. The van der Waals surface area contributed by atoms with Crippen LogP contribution < -0.4 is 16.3 Å². The highest BCUT2D eigenvalue weighted by Crippen LogP contribution is 2.10. The van der Waals surface area contributed by atoms with Crippen molar-refractivity contribution >= 4 is 12.0 Å². The quantitative estimate of drug-likeness (QED) is 0.604. The van der Waals surface area contributed by atoms with Crippen LogP contribution in [-0.2, 0) is 7.05 Å². The fourth-order valence-electron chi connectivity index (χ4n) is 1.04. The Balaban J connectivity index is 3.07. The first-order valence-corrected chi connectivity index (χ1v) is 5.30. The molecule has 0 unspecified atom stereocenters. The second kappa shape index (κ2) is 4.57. The van der Waals surface area contributed by atoms with Crippen molar-refractivity contribution in [3.8, 4) is 0 Å². The van der Waals surface area contributed by atoms with Gasteiger partial charge < -0.3 is 0 Å². The molecule has 0 atom stereocenters. The lowest BCUT2D eigenvalue weighted by atomic mass is 9.99. The van der Waals surface area contributed by atoms with Crippen molar-refractivity contribution in [2.75, 3.05) is 12.1 Å². The van der Waals surface area contributed by atoms with Gasteiger partial charge in [0.15, 0.2) is 0 Å². The number of hydrogen-bond donors (Lipinski definition) is 1. The summed E-state index contributed by atoms with van der Waals surface area (Å²) in [6.07, 6.45) is 1.75. The molecule has 1 heterocycles. The number of aromatic amines is 1. The van der Waals surface area contributed by atoms with Gasteiger partial charge in [0.1, 0.15) is 5.82 Å². The monoisotopic (exact) mass is 238 g/mol. The maximum Gasteiger partial charge on any atom is 0.329 e. The lowest BCUT2D eigenvalue weighted by Gasteiger charge is -2.16. The molecule has 0 aliphatic rings. The fourth-order valence-corrected chi connectivity index (χ4v) is 1.04. The van der Waals surface area contributed by atoms with Gasteiger partial charge in [0, 0.05) is 26.4 Å².